The van der Waals surface area contributed by atoms with Crippen molar-refractivity contribution in [1.82, 2.24) is 0 Å². The first kappa shape index (κ1) is 15.0. The SMILES string of the molecule is COc1c(N=C2CC(=O)C(C)=CC2=O)cc(C)c(N)c1C. The smallest absolute Gasteiger partial charge is 0.200 e. The highest BCUT2D eigenvalue weighted by Crippen LogP contribution is 2.37. The van der Waals surface area contributed by atoms with Crippen LogP contribution in [0.15, 0.2) is 22.7 Å². The fraction of sp³-hybridized carbons (Fsp3) is 0.312. The minimum atomic E-state index is -0.235. The molecule has 5 nitrogen and oxygen atoms in total. The van der Waals surface area contributed by atoms with Gasteiger partial charge in [-0.05, 0) is 44.1 Å². The number of carbonyl (C=O) groups excluding carboxylic acids is 2. The van der Waals surface area contributed by atoms with E-state index in [1.54, 1.807) is 13.0 Å². The molecule has 1 aromatic rings. The summed E-state index contributed by atoms with van der Waals surface area (Å²) in [5.74, 6) is 0.203. The van der Waals surface area contributed by atoms with Crippen molar-refractivity contribution in [1.29, 1.82) is 0 Å². The zero-order valence-electron chi connectivity index (χ0n) is 12.6. The van der Waals surface area contributed by atoms with Crippen molar-refractivity contribution in [3.05, 3.63) is 28.8 Å². The number of nitrogen functional groups attached to an aromatic ring is 1. The maximum Gasteiger partial charge on any atom is 0.200 e. The van der Waals surface area contributed by atoms with Gasteiger partial charge in [0.05, 0.1) is 19.2 Å². The Kier molecular flexibility index (Phi) is 3.93. The predicted octanol–water partition coefficient (Wildman–Crippen LogP) is 2.45. The minimum Gasteiger partial charge on any atom is -0.494 e. The Morgan fingerprint density at radius 2 is 1.90 bits per heavy atom. The van der Waals surface area contributed by atoms with Crippen LogP contribution in [0.5, 0.6) is 5.75 Å². The normalized spacial score (nSPS) is 17.1. The molecule has 0 saturated heterocycles. The topological polar surface area (TPSA) is 81.8 Å². The maximum absolute atomic E-state index is 12.0. The van der Waals surface area contributed by atoms with E-state index in [9.17, 15) is 9.59 Å². The molecule has 1 aliphatic carbocycles. The summed E-state index contributed by atoms with van der Waals surface area (Å²) in [5.41, 5.74) is 9.45. The van der Waals surface area contributed by atoms with Crippen molar-refractivity contribution in [2.45, 2.75) is 27.2 Å². The van der Waals surface area contributed by atoms with Crippen molar-refractivity contribution >= 4 is 28.7 Å². The summed E-state index contributed by atoms with van der Waals surface area (Å²) in [6.45, 7) is 5.33. The highest BCUT2D eigenvalue weighted by atomic mass is 16.5. The molecule has 0 radical (unpaired) electrons. The number of ketones is 2. The number of anilines is 1. The Bertz CT molecular complexity index is 700. The van der Waals surface area contributed by atoms with Crippen molar-refractivity contribution in [2.75, 3.05) is 12.8 Å². The molecule has 0 spiro atoms. The molecule has 21 heavy (non-hydrogen) atoms. The van der Waals surface area contributed by atoms with Crippen LogP contribution in [0.1, 0.15) is 24.5 Å². The van der Waals surface area contributed by atoms with Crippen molar-refractivity contribution in [2.24, 2.45) is 4.99 Å². The third kappa shape index (κ3) is 2.72. The lowest BCUT2D eigenvalue weighted by Crippen LogP contribution is -2.23. The van der Waals surface area contributed by atoms with Gasteiger partial charge in [0.2, 0.25) is 5.78 Å². The van der Waals surface area contributed by atoms with Gasteiger partial charge in [0, 0.05) is 11.3 Å². The number of rotatable bonds is 2. The molecule has 0 atom stereocenters. The average Bonchev–Trinajstić information content (AvgIpc) is 2.42. The number of ether oxygens (including phenoxy) is 1. The second kappa shape index (κ2) is 5.52. The van der Waals surface area contributed by atoms with E-state index >= 15 is 0 Å². The molecule has 1 aliphatic rings. The van der Waals surface area contributed by atoms with E-state index < -0.39 is 0 Å². The Morgan fingerprint density at radius 1 is 1.24 bits per heavy atom. The molecule has 0 fully saturated rings. The minimum absolute atomic E-state index is 0.0206. The lowest BCUT2D eigenvalue weighted by Gasteiger charge is -2.15. The molecular formula is C16H18N2O3. The highest BCUT2D eigenvalue weighted by molar-refractivity contribution is 6.50. The number of hydrogen-bond acceptors (Lipinski definition) is 5. The van der Waals surface area contributed by atoms with E-state index in [1.165, 1.54) is 13.2 Å². The monoisotopic (exact) mass is 286 g/mol. The van der Waals surface area contributed by atoms with Gasteiger partial charge in [0.1, 0.15) is 11.4 Å². The number of Topliss-reactive ketones (excluding diaryl/α,β-unsaturated/α-hetero) is 1. The number of aliphatic imine (C=N–C) groups is 1. The zero-order valence-corrected chi connectivity index (χ0v) is 12.6. The van der Waals surface area contributed by atoms with Crippen LogP contribution < -0.4 is 10.5 Å². The molecule has 1 aromatic carbocycles. The fourth-order valence-corrected chi connectivity index (χ4v) is 2.28. The predicted molar refractivity (Wildman–Crippen MR) is 82.4 cm³/mol. The number of hydrogen-bond donors (Lipinski definition) is 1. The molecule has 0 heterocycles. The Morgan fingerprint density at radius 3 is 2.52 bits per heavy atom. The van der Waals surface area contributed by atoms with Crippen molar-refractivity contribution in [3.8, 4) is 5.75 Å². The zero-order chi connectivity index (χ0) is 15.7. The van der Waals surface area contributed by atoms with Crippen molar-refractivity contribution in [3.63, 3.8) is 0 Å². The van der Waals surface area contributed by atoms with Gasteiger partial charge in [0.15, 0.2) is 5.78 Å². The molecule has 2 N–H and O–H groups in total. The summed E-state index contributed by atoms with van der Waals surface area (Å²) >= 11 is 0. The van der Waals surface area contributed by atoms with E-state index in [0.29, 0.717) is 22.7 Å². The first-order valence-electron chi connectivity index (χ1n) is 6.62. The van der Waals surface area contributed by atoms with Gasteiger partial charge in [-0.25, -0.2) is 4.99 Å². The standard InChI is InChI=1S/C16H18N2O3/c1-8-6-14(20)11(7-13(8)19)18-12-5-9(2)15(17)10(3)16(12)21-4/h5-6H,7,17H2,1-4H3. The number of aryl methyl sites for hydroxylation is 1. The number of benzene rings is 1. The molecule has 0 amide bonds. The molecule has 110 valence electrons. The second-order valence-corrected chi connectivity index (χ2v) is 5.13. The molecule has 0 saturated carbocycles. The van der Waals surface area contributed by atoms with E-state index in [4.69, 9.17) is 10.5 Å². The fourth-order valence-electron chi connectivity index (χ4n) is 2.28. The van der Waals surface area contributed by atoms with Gasteiger partial charge >= 0.3 is 0 Å². The van der Waals surface area contributed by atoms with Crippen LogP contribution in [-0.2, 0) is 9.59 Å². The van der Waals surface area contributed by atoms with Gasteiger partial charge in [-0.3, -0.25) is 9.59 Å². The lowest BCUT2D eigenvalue weighted by molar-refractivity contribution is -0.116. The third-order valence-corrected chi connectivity index (χ3v) is 3.61. The molecule has 0 unspecified atom stereocenters. The van der Waals surface area contributed by atoms with Gasteiger partial charge in [-0.2, -0.15) is 0 Å². The number of carbonyl (C=O) groups is 2. The van der Waals surface area contributed by atoms with Crippen LogP contribution in [0.4, 0.5) is 11.4 Å². The van der Waals surface area contributed by atoms with Gasteiger partial charge in [0.25, 0.3) is 0 Å². The summed E-state index contributed by atoms with van der Waals surface area (Å²) in [4.78, 5) is 28.0. The van der Waals surface area contributed by atoms with E-state index in [1.807, 2.05) is 13.8 Å². The summed E-state index contributed by atoms with van der Waals surface area (Å²) in [6.07, 6.45) is 1.35. The third-order valence-electron chi connectivity index (χ3n) is 3.61. The van der Waals surface area contributed by atoms with Crippen LogP contribution in [0.2, 0.25) is 0 Å². The summed E-state index contributed by atoms with van der Waals surface area (Å²) in [7, 11) is 1.53. The number of nitrogens with zero attached hydrogens (tertiary/aromatic N) is 1. The van der Waals surface area contributed by atoms with Crippen LogP contribution in [0.3, 0.4) is 0 Å². The summed E-state index contributed by atoms with van der Waals surface area (Å²) in [6, 6.07) is 1.76. The Labute approximate surface area is 123 Å². The largest absolute Gasteiger partial charge is 0.494 e. The Hall–Kier alpha value is -2.43. The molecule has 0 bridgehead atoms. The van der Waals surface area contributed by atoms with E-state index in [2.05, 4.69) is 4.99 Å². The first-order valence-corrected chi connectivity index (χ1v) is 6.62. The van der Waals surface area contributed by atoms with E-state index in [-0.39, 0.29) is 23.7 Å². The maximum atomic E-state index is 12.0. The highest BCUT2D eigenvalue weighted by Gasteiger charge is 2.23. The molecular weight excluding hydrogens is 268 g/mol. The number of nitrogens with two attached hydrogens (primary N) is 1. The van der Waals surface area contributed by atoms with Crippen LogP contribution in [0.25, 0.3) is 0 Å². The molecule has 2 rings (SSSR count). The van der Waals surface area contributed by atoms with Crippen LogP contribution in [-0.4, -0.2) is 24.4 Å². The number of methoxy groups -OCH3 is 1. The van der Waals surface area contributed by atoms with Gasteiger partial charge in [-0.15, -0.1) is 0 Å². The summed E-state index contributed by atoms with van der Waals surface area (Å²) < 4.78 is 5.34. The van der Waals surface area contributed by atoms with Gasteiger partial charge < -0.3 is 10.5 Å². The van der Waals surface area contributed by atoms with Crippen molar-refractivity contribution < 1.29 is 14.3 Å². The van der Waals surface area contributed by atoms with E-state index in [0.717, 1.165) is 11.1 Å². The van der Waals surface area contributed by atoms with Crippen LogP contribution >= 0.6 is 0 Å². The first-order chi connectivity index (χ1) is 9.85. The molecule has 0 aliphatic heterocycles. The quantitative estimate of drug-likeness (QED) is 0.847. The second-order valence-electron chi connectivity index (χ2n) is 5.13. The number of allylic oxidation sites excluding steroid dienone is 2. The lowest BCUT2D eigenvalue weighted by atomic mass is 9.96. The van der Waals surface area contributed by atoms with Crippen LogP contribution in [0, 0.1) is 13.8 Å². The molecule has 0 aromatic heterocycles. The molecule has 5 heteroatoms. The Balaban J connectivity index is 2.56. The van der Waals surface area contributed by atoms with Gasteiger partial charge in [-0.1, -0.05) is 0 Å². The summed E-state index contributed by atoms with van der Waals surface area (Å²) in [5, 5.41) is 0. The average molecular weight is 286 g/mol.